The monoisotopic (exact) mass is 207 g/mol. The fourth-order valence-corrected chi connectivity index (χ4v) is 1.62. The quantitative estimate of drug-likeness (QED) is 0.782. The van der Waals surface area contributed by atoms with E-state index in [2.05, 4.69) is 6.92 Å². The van der Waals surface area contributed by atoms with Crippen molar-refractivity contribution in [3.63, 3.8) is 0 Å². The number of carbonyl (C=O) groups excluding carboxylic acids is 1. The van der Waals surface area contributed by atoms with Crippen LogP contribution in [0.4, 0.5) is 0 Å². The van der Waals surface area contributed by atoms with Crippen molar-refractivity contribution in [2.24, 2.45) is 5.73 Å². The van der Waals surface area contributed by atoms with Crippen LogP contribution >= 0.6 is 0 Å². The Balaban J connectivity index is 3.18. The van der Waals surface area contributed by atoms with Crippen molar-refractivity contribution in [1.29, 1.82) is 0 Å². The van der Waals surface area contributed by atoms with Gasteiger partial charge in [-0.2, -0.15) is 0 Å². The summed E-state index contributed by atoms with van der Waals surface area (Å²) in [4.78, 5) is 11.2. The lowest BCUT2D eigenvalue weighted by Crippen LogP contribution is -2.38. The zero-order valence-corrected chi connectivity index (χ0v) is 9.16. The van der Waals surface area contributed by atoms with Crippen LogP contribution in [0.2, 0.25) is 0 Å². The van der Waals surface area contributed by atoms with Crippen molar-refractivity contribution in [3.05, 3.63) is 35.4 Å². The minimum absolute atomic E-state index is 0.611. The molecule has 0 saturated heterocycles. The lowest BCUT2D eigenvalue weighted by Gasteiger charge is -2.22. The number of aryl methyl sites for hydroxylation is 1. The van der Waals surface area contributed by atoms with Gasteiger partial charge in [0.05, 0.1) is 0 Å². The molecule has 3 heteroatoms. The molecule has 3 N–H and O–H groups in total. The molecule has 0 bridgehead atoms. The molecule has 82 valence electrons. The molecule has 0 saturated carbocycles. The van der Waals surface area contributed by atoms with E-state index in [0.717, 1.165) is 18.4 Å². The Bertz CT molecular complexity index is 358. The van der Waals surface area contributed by atoms with Gasteiger partial charge in [0.2, 0.25) is 0 Å². The largest absolute Gasteiger partial charge is 0.376 e. The molecule has 1 aromatic carbocycles. The molecule has 1 atom stereocenters. The molecule has 1 unspecified atom stereocenters. The van der Waals surface area contributed by atoms with Crippen molar-refractivity contribution in [1.82, 2.24) is 0 Å². The molecule has 0 radical (unpaired) electrons. The van der Waals surface area contributed by atoms with Gasteiger partial charge >= 0.3 is 0 Å². The zero-order chi connectivity index (χ0) is 11.5. The molecular weight excluding hydrogens is 190 g/mol. The van der Waals surface area contributed by atoms with Crippen LogP contribution in [0.1, 0.15) is 31.4 Å². The maximum Gasteiger partial charge on any atom is 0.253 e. The van der Waals surface area contributed by atoms with E-state index in [1.165, 1.54) is 6.92 Å². The van der Waals surface area contributed by atoms with Crippen molar-refractivity contribution in [2.45, 2.75) is 32.3 Å². The van der Waals surface area contributed by atoms with Gasteiger partial charge in [-0.05, 0) is 24.5 Å². The van der Waals surface area contributed by atoms with Crippen molar-refractivity contribution >= 4 is 5.91 Å². The highest BCUT2D eigenvalue weighted by Crippen LogP contribution is 2.24. The Morgan fingerprint density at radius 3 is 2.60 bits per heavy atom. The lowest BCUT2D eigenvalue weighted by atomic mass is 9.89. The number of aliphatic hydroxyl groups is 1. The van der Waals surface area contributed by atoms with Crippen molar-refractivity contribution < 1.29 is 9.90 Å². The van der Waals surface area contributed by atoms with E-state index in [-0.39, 0.29) is 0 Å². The number of primary amides is 1. The van der Waals surface area contributed by atoms with Gasteiger partial charge in [-0.1, -0.05) is 37.6 Å². The van der Waals surface area contributed by atoms with E-state index in [0.29, 0.717) is 5.56 Å². The molecule has 0 spiro atoms. The summed E-state index contributed by atoms with van der Waals surface area (Å²) in [7, 11) is 0. The Morgan fingerprint density at radius 1 is 1.47 bits per heavy atom. The van der Waals surface area contributed by atoms with Crippen LogP contribution in [0.25, 0.3) is 0 Å². The average molecular weight is 207 g/mol. The van der Waals surface area contributed by atoms with E-state index < -0.39 is 11.5 Å². The van der Waals surface area contributed by atoms with Gasteiger partial charge in [-0.15, -0.1) is 0 Å². The number of benzene rings is 1. The minimum atomic E-state index is -1.58. The molecule has 1 amide bonds. The summed E-state index contributed by atoms with van der Waals surface area (Å²) in [6.07, 6.45) is 1.80. The Labute approximate surface area is 89.9 Å². The summed E-state index contributed by atoms with van der Waals surface area (Å²) in [5, 5.41) is 10.00. The Hall–Kier alpha value is -1.35. The predicted octanol–water partition coefficient (Wildman–Crippen LogP) is 1.33. The minimum Gasteiger partial charge on any atom is -0.376 e. The Kier molecular flexibility index (Phi) is 3.48. The molecule has 1 rings (SSSR count). The summed E-state index contributed by atoms with van der Waals surface area (Å²) >= 11 is 0. The standard InChI is InChI=1S/C12H17NO2/c1-3-6-9-7-4-5-8-10(9)12(2,15)11(13)14/h4-5,7-8,15H,3,6H2,1-2H3,(H2,13,14). The molecule has 0 heterocycles. The van der Waals surface area contributed by atoms with E-state index in [4.69, 9.17) is 5.73 Å². The van der Waals surface area contributed by atoms with Crippen molar-refractivity contribution in [3.8, 4) is 0 Å². The molecule has 1 aromatic rings. The van der Waals surface area contributed by atoms with Gasteiger partial charge in [0, 0.05) is 0 Å². The van der Waals surface area contributed by atoms with Gasteiger partial charge in [0.15, 0.2) is 5.60 Å². The smallest absolute Gasteiger partial charge is 0.253 e. The number of hydrogen-bond acceptors (Lipinski definition) is 2. The van der Waals surface area contributed by atoms with E-state index >= 15 is 0 Å². The molecule has 3 nitrogen and oxygen atoms in total. The maximum atomic E-state index is 11.2. The predicted molar refractivity (Wildman–Crippen MR) is 59.2 cm³/mol. The van der Waals surface area contributed by atoms with Gasteiger partial charge in [0.1, 0.15) is 0 Å². The summed E-state index contributed by atoms with van der Waals surface area (Å²) in [6, 6.07) is 7.35. The summed E-state index contributed by atoms with van der Waals surface area (Å²) in [5.41, 5.74) is 5.19. The first-order valence-electron chi connectivity index (χ1n) is 5.10. The number of rotatable bonds is 4. The average Bonchev–Trinajstić information content (AvgIpc) is 2.18. The number of amides is 1. The topological polar surface area (TPSA) is 63.3 Å². The van der Waals surface area contributed by atoms with Gasteiger partial charge < -0.3 is 10.8 Å². The van der Waals surface area contributed by atoms with Crippen LogP contribution in [0.3, 0.4) is 0 Å². The first-order valence-corrected chi connectivity index (χ1v) is 5.10. The second-order valence-electron chi connectivity index (χ2n) is 3.84. The van der Waals surface area contributed by atoms with Gasteiger partial charge in [-0.3, -0.25) is 4.79 Å². The molecule has 0 aromatic heterocycles. The summed E-state index contributed by atoms with van der Waals surface area (Å²) < 4.78 is 0. The summed E-state index contributed by atoms with van der Waals surface area (Å²) in [6.45, 7) is 3.49. The highest BCUT2D eigenvalue weighted by molar-refractivity contribution is 5.84. The van der Waals surface area contributed by atoms with Crippen LogP contribution < -0.4 is 5.73 Å². The molecule has 15 heavy (non-hydrogen) atoms. The molecule has 0 fully saturated rings. The Morgan fingerprint density at radius 2 is 2.07 bits per heavy atom. The normalized spacial score (nSPS) is 14.6. The molecule has 0 aliphatic carbocycles. The second kappa shape index (κ2) is 4.45. The fraction of sp³-hybridized carbons (Fsp3) is 0.417. The maximum absolute atomic E-state index is 11.2. The first-order chi connectivity index (χ1) is 7.00. The zero-order valence-electron chi connectivity index (χ0n) is 9.16. The third-order valence-corrected chi connectivity index (χ3v) is 2.54. The van der Waals surface area contributed by atoms with Crippen LogP contribution in [-0.2, 0) is 16.8 Å². The third-order valence-electron chi connectivity index (χ3n) is 2.54. The van der Waals surface area contributed by atoms with Gasteiger partial charge in [0.25, 0.3) is 5.91 Å². The van der Waals surface area contributed by atoms with E-state index in [9.17, 15) is 9.90 Å². The highest BCUT2D eigenvalue weighted by Gasteiger charge is 2.31. The van der Waals surface area contributed by atoms with E-state index in [1.54, 1.807) is 12.1 Å². The van der Waals surface area contributed by atoms with Crippen LogP contribution in [0, 0.1) is 0 Å². The third kappa shape index (κ3) is 2.36. The fourth-order valence-electron chi connectivity index (χ4n) is 1.62. The number of carbonyl (C=O) groups is 1. The van der Waals surface area contributed by atoms with Crippen LogP contribution in [0.5, 0.6) is 0 Å². The number of hydrogen-bond donors (Lipinski definition) is 2. The van der Waals surface area contributed by atoms with Crippen LogP contribution in [-0.4, -0.2) is 11.0 Å². The number of nitrogens with two attached hydrogens (primary N) is 1. The molecule has 0 aliphatic rings. The SMILES string of the molecule is CCCc1ccccc1C(C)(O)C(N)=O. The molecule has 0 aliphatic heterocycles. The molecular formula is C12H17NO2. The van der Waals surface area contributed by atoms with Crippen LogP contribution in [0.15, 0.2) is 24.3 Å². The van der Waals surface area contributed by atoms with E-state index in [1.807, 2.05) is 12.1 Å². The first kappa shape index (κ1) is 11.7. The summed E-state index contributed by atoms with van der Waals surface area (Å²) in [5.74, 6) is -0.717. The lowest BCUT2D eigenvalue weighted by molar-refractivity contribution is -0.135. The van der Waals surface area contributed by atoms with Gasteiger partial charge in [-0.25, -0.2) is 0 Å². The second-order valence-corrected chi connectivity index (χ2v) is 3.84. The van der Waals surface area contributed by atoms with Crippen molar-refractivity contribution in [2.75, 3.05) is 0 Å². The highest BCUT2D eigenvalue weighted by atomic mass is 16.3.